The number of nitrogens with zero attached hydrogens (tertiary/aromatic N) is 3. The van der Waals surface area contributed by atoms with Gasteiger partial charge in [0.1, 0.15) is 11.0 Å². The van der Waals surface area contributed by atoms with Crippen molar-refractivity contribution < 1.29 is 5.11 Å². The van der Waals surface area contributed by atoms with E-state index in [2.05, 4.69) is 9.97 Å². The third-order valence-corrected chi connectivity index (χ3v) is 2.44. The highest BCUT2D eigenvalue weighted by Crippen LogP contribution is 2.19. The molecule has 0 aliphatic carbocycles. The zero-order valence-electron chi connectivity index (χ0n) is 8.53. The lowest BCUT2D eigenvalue weighted by Crippen LogP contribution is -2.44. The zero-order valence-corrected chi connectivity index (χ0v) is 9.28. The molecule has 1 rings (SSSR count). The lowest BCUT2D eigenvalue weighted by Gasteiger charge is -2.34. The second-order valence-electron chi connectivity index (χ2n) is 3.73. The van der Waals surface area contributed by atoms with Crippen LogP contribution in [0, 0.1) is 0 Å². The van der Waals surface area contributed by atoms with E-state index in [9.17, 15) is 0 Å². The van der Waals surface area contributed by atoms with Crippen molar-refractivity contribution in [2.45, 2.75) is 19.4 Å². The van der Waals surface area contributed by atoms with Gasteiger partial charge in [-0.1, -0.05) is 11.6 Å². The van der Waals surface area contributed by atoms with Gasteiger partial charge < -0.3 is 10.0 Å². The molecule has 0 spiro atoms. The molecule has 0 amide bonds. The monoisotopic (exact) mass is 215 g/mol. The van der Waals surface area contributed by atoms with E-state index in [1.807, 2.05) is 25.8 Å². The molecule has 0 aromatic carbocycles. The summed E-state index contributed by atoms with van der Waals surface area (Å²) in [4.78, 5) is 9.90. The van der Waals surface area contributed by atoms with Gasteiger partial charge in [-0.3, -0.25) is 0 Å². The smallest absolute Gasteiger partial charge is 0.147 e. The van der Waals surface area contributed by atoms with Crippen LogP contribution in [0.25, 0.3) is 0 Å². The van der Waals surface area contributed by atoms with E-state index in [1.54, 1.807) is 6.20 Å². The van der Waals surface area contributed by atoms with Gasteiger partial charge >= 0.3 is 0 Å². The van der Waals surface area contributed by atoms with Gasteiger partial charge in [-0.2, -0.15) is 0 Å². The Morgan fingerprint density at radius 3 is 2.50 bits per heavy atom. The summed E-state index contributed by atoms with van der Waals surface area (Å²) in [6, 6.07) is 0. The van der Waals surface area contributed by atoms with Gasteiger partial charge in [0.2, 0.25) is 0 Å². The van der Waals surface area contributed by atoms with Gasteiger partial charge in [-0.25, -0.2) is 9.97 Å². The molecule has 0 radical (unpaired) electrons. The highest BCUT2D eigenvalue weighted by molar-refractivity contribution is 6.29. The summed E-state index contributed by atoms with van der Waals surface area (Å²) >= 11 is 5.62. The third kappa shape index (κ3) is 2.33. The van der Waals surface area contributed by atoms with Crippen molar-refractivity contribution in [3.8, 4) is 0 Å². The molecular weight excluding hydrogens is 202 g/mol. The maximum Gasteiger partial charge on any atom is 0.147 e. The quantitative estimate of drug-likeness (QED) is 0.827. The van der Waals surface area contributed by atoms with E-state index in [0.29, 0.717) is 11.0 Å². The first-order valence-corrected chi connectivity index (χ1v) is 4.67. The van der Waals surface area contributed by atoms with Crippen molar-refractivity contribution in [2.24, 2.45) is 0 Å². The first kappa shape index (κ1) is 11.2. The molecule has 1 N–H and O–H groups in total. The van der Waals surface area contributed by atoms with Crippen molar-refractivity contribution in [1.82, 2.24) is 9.97 Å². The largest absolute Gasteiger partial charge is 0.394 e. The van der Waals surface area contributed by atoms with E-state index in [4.69, 9.17) is 16.7 Å². The predicted octanol–water partition coefficient (Wildman–Crippen LogP) is 1.34. The van der Waals surface area contributed by atoms with Gasteiger partial charge in [-0.15, -0.1) is 0 Å². The van der Waals surface area contributed by atoms with Crippen LogP contribution in [0.4, 0.5) is 5.82 Å². The summed E-state index contributed by atoms with van der Waals surface area (Å²) < 4.78 is 0. The fourth-order valence-electron chi connectivity index (χ4n) is 0.895. The minimum absolute atomic E-state index is 0.0494. The molecule has 1 aromatic heterocycles. The van der Waals surface area contributed by atoms with Crippen molar-refractivity contribution in [3.05, 3.63) is 17.5 Å². The molecule has 0 atom stereocenters. The van der Waals surface area contributed by atoms with Crippen LogP contribution < -0.4 is 4.90 Å². The summed E-state index contributed by atoms with van der Waals surface area (Å²) in [5.41, 5.74) is -0.359. The molecule has 0 aliphatic rings. The highest BCUT2D eigenvalue weighted by atomic mass is 35.5. The molecule has 4 nitrogen and oxygen atoms in total. The Morgan fingerprint density at radius 2 is 2.07 bits per heavy atom. The first-order valence-electron chi connectivity index (χ1n) is 4.29. The molecule has 1 heterocycles. The number of halogens is 1. The minimum Gasteiger partial charge on any atom is -0.394 e. The molecule has 0 saturated heterocycles. The van der Waals surface area contributed by atoms with Crippen LogP contribution in [-0.4, -0.2) is 34.3 Å². The van der Waals surface area contributed by atoms with Gasteiger partial charge in [0.25, 0.3) is 0 Å². The molecule has 5 heteroatoms. The SMILES string of the molecule is CN(c1cnc(Cl)cn1)C(C)(C)CO. The highest BCUT2D eigenvalue weighted by Gasteiger charge is 2.23. The second-order valence-corrected chi connectivity index (χ2v) is 4.11. The number of hydrogen-bond donors (Lipinski definition) is 1. The van der Waals surface area contributed by atoms with E-state index >= 15 is 0 Å². The molecular formula is C9H14ClN3O. The van der Waals surface area contributed by atoms with Crippen LogP contribution in [-0.2, 0) is 0 Å². The molecule has 0 fully saturated rings. The molecule has 0 saturated carbocycles. The van der Waals surface area contributed by atoms with Crippen LogP contribution in [0.2, 0.25) is 5.15 Å². The Kier molecular flexibility index (Phi) is 3.29. The number of aliphatic hydroxyl groups excluding tert-OH is 1. The van der Waals surface area contributed by atoms with Crippen molar-refractivity contribution >= 4 is 17.4 Å². The number of anilines is 1. The first-order chi connectivity index (χ1) is 6.47. The summed E-state index contributed by atoms with van der Waals surface area (Å²) in [5.74, 6) is 0.688. The minimum atomic E-state index is -0.359. The summed E-state index contributed by atoms with van der Waals surface area (Å²) in [7, 11) is 1.86. The Bertz CT molecular complexity index is 299. The number of hydrogen-bond acceptors (Lipinski definition) is 4. The molecule has 0 bridgehead atoms. The lowest BCUT2D eigenvalue weighted by molar-refractivity contribution is 0.215. The van der Waals surface area contributed by atoms with Gasteiger partial charge in [-0.05, 0) is 13.8 Å². The van der Waals surface area contributed by atoms with Gasteiger partial charge in [0.05, 0.1) is 24.5 Å². The van der Waals surface area contributed by atoms with Crippen LogP contribution in [0.3, 0.4) is 0 Å². The number of likely N-dealkylation sites (N-methyl/N-ethyl adjacent to an activating group) is 1. The Morgan fingerprint density at radius 1 is 1.43 bits per heavy atom. The number of rotatable bonds is 3. The Hall–Kier alpha value is -0.870. The second kappa shape index (κ2) is 4.11. The molecule has 0 unspecified atom stereocenters. The number of aromatic nitrogens is 2. The summed E-state index contributed by atoms with van der Waals surface area (Å²) in [5, 5.41) is 9.53. The number of aliphatic hydroxyl groups is 1. The van der Waals surface area contributed by atoms with Crippen LogP contribution in [0.1, 0.15) is 13.8 Å². The van der Waals surface area contributed by atoms with E-state index < -0.39 is 0 Å². The third-order valence-electron chi connectivity index (χ3n) is 2.25. The molecule has 14 heavy (non-hydrogen) atoms. The van der Waals surface area contributed by atoms with E-state index in [-0.39, 0.29) is 12.1 Å². The fraction of sp³-hybridized carbons (Fsp3) is 0.556. The standard InChI is InChI=1S/C9H14ClN3O/c1-9(2,6-14)13(3)8-5-11-7(10)4-12-8/h4-5,14H,6H2,1-3H3. The van der Waals surface area contributed by atoms with Gasteiger partial charge in [0, 0.05) is 7.05 Å². The average molecular weight is 216 g/mol. The van der Waals surface area contributed by atoms with E-state index in [0.717, 1.165) is 0 Å². The Labute approximate surface area is 88.6 Å². The van der Waals surface area contributed by atoms with Crippen LogP contribution in [0.5, 0.6) is 0 Å². The topological polar surface area (TPSA) is 49.2 Å². The molecule has 1 aromatic rings. The Balaban J connectivity index is 2.89. The van der Waals surface area contributed by atoms with Crippen molar-refractivity contribution in [3.63, 3.8) is 0 Å². The summed E-state index contributed by atoms with van der Waals surface area (Å²) in [6.45, 7) is 3.89. The fourth-order valence-corrected chi connectivity index (χ4v) is 0.992. The lowest BCUT2D eigenvalue weighted by atomic mass is 10.1. The van der Waals surface area contributed by atoms with E-state index in [1.165, 1.54) is 6.20 Å². The predicted molar refractivity (Wildman–Crippen MR) is 56.6 cm³/mol. The van der Waals surface area contributed by atoms with Gasteiger partial charge in [0.15, 0.2) is 0 Å². The molecule has 0 aliphatic heterocycles. The average Bonchev–Trinajstić information content (AvgIpc) is 2.18. The maximum atomic E-state index is 9.16. The van der Waals surface area contributed by atoms with Crippen LogP contribution >= 0.6 is 11.6 Å². The normalized spacial score (nSPS) is 11.5. The van der Waals surface area contributed by atoms with Crippen molar-refractivity contribution in [1.29, 1.82) is 0 Å². The zero-order chi connectivity index (χ0) is 10.8. The van der Waals surface area contributed by atoms with Crippen molar-refractivity contribution in [2.75, 3.05) is 18.6 Å². The summed E-state index contributed by atoms with van der Waals surface area (Å²) in [6.07, 6.45) is 3.07. The molecule has 78 valence electrons. The maximum absolute atomic E-state index is 9.16. The van der Waals surface area contributed by atoms with Crippen LogP contribution in [0.15, 0.2) is 12.4 Å².